The largest absolute Gasteiger partial charge is 0.508 e. The molecule has 0 bridgehead atoms. The van der Waals surface area contributed by atoms with Gasteiger partial charge in [-0.3, -0.25) is 4.99 Å². The third-order valence-corrected chi connectivity index (χ3v) is 3.06. The van der Waals surface area contributed by atoms with E-state index in [4.69, 9.17) is 4.74 Å². The molecule has 0 aromatic heterocycles. The van der Waals surface area contributed by atoms with Crippen LogP contribution < -0.4 is 4.74 Å². The maximum Gasteiger partial charge on any atom is 0.119 e. The lowest BCUT2D eigenvalue weighted by Gasteiger charge is -2.07. The molecule has 0 radical (unpaired) electrons. The molecule has 3 heteroatoms. The summed E-state index contributed by atoms with van der Waals surface area (Å²) in [7, 11) is 0. The average Bonchev–Trinajstić information content (AvgIpc) is 2.48. The van der Waals surface area contributed by atoms with Crippen LogP contribution in [0.2, 0.25) is 0 Å². The molecule has 0 atom stereocenters. The molecule has 0 amide bonds. The predicted octanol–water partition coefficient (Wildman–Crippen LogP) is 4.57. The van der Waals surface area contributed by atoms with Gasteiger partial charge in [-0.05, 0) is 66.4 Å². The summed E-state index contributed by atoms with van der Waals surface area (Å²) in [5.41, 5.74) is 1.82. The van der Waals surface area contributed by atoms with Gasteiger partial charge >= 0.3 is 0 Å². The van der Waals surface area contributed by atoms with Gasteiger partial charge in [0.15, 0.2) is 0 Å². The van der Waals surface area contributed by atoms with Gasteiger partial charge in [0.05, 0.1) is 12.3 Å². The van der Waals surface area contributed by atoms with Crippen molar-refractivity contribution in [1.82, 2.24) is 0 Å². The van der Waals surface area contributed by atoms with Crippen LogP contribution >= 0.6 is 0 Å². The minimum Gasteiger partial charge on any atom is -0.508 e. The van der Waals surface area contributed by atoms with E-state index in [2.05, 4.69) is 18.8 Å². The molecule has 0 aliphatic rings. The van der Waals surface area contributed by atoms with E-state index in [0.29, 0.717) is 5.92 Å². The number of hydrogen-bond donors (Lipinski definition) is 1. The van der Waals surface area contributed by atoms with Crippen molar-refractivity contribution in [3.8, 4) is 11.5 Å². The van der Waals surface area contributed by atoms with Gasteiger partial charge in [0.25, 0.3) is 0 Å². The van der Waals surface area contributed by atoms with Gasteiger partial charge in [-0.2, -0.15) is 0 Å². The van der Waals surface area contributed by atoms with Crippen LogP contribution in [0.25, 0.3) is 0 Å². The minimum absolute atomic E-state index is 0.247. The Morgan fingerprint density at radius 1 is 1.05 bits per heavy atom. The first-order valence-corrected chi connectivity index (χ1v) is 7.19. The summed E-state index contributed by atoms with van der Waals surface area (Å²) < 4.78 is 5.68. The first-order chi connectivity index (χ1) is 10.1. The Labute approximate surface area is 125 Å². The quantitative estimate of drug-likeness (QED) is 0.789. The number of phenols is 1. The smallest absolute Gasteiger partial charge is 0.119 e. The molecule has 0 aliphatic carbocycles. The molecule has 0 spiro atoms. The zero-order valence-corrected chi connectivity index (χ0v) is 12.5. The summed E-state index contributed by atoms with van der Waals surface area (Å²) >= 11 is 0. The summed E-state index contributed by atoms with van der Waals surface area (Å²) in [6, 6.07) is 14.7. The molecule has 3 nitrogen and oxygen atoms in total. The topological polar surface area (TPSA) is 41.8 Å². The first-order valence-electron chi connectivity index (χ1n) is 7.19. The van der Waals surface area contributed by atoms with Crippen molar-refractivity contribution >= 4 is 11.9 Å². The Kier molecular flexibility index (Phi) is 5.38. The van der Waals surface area contributed by atoms with Crippen molar-refractivity contribution < 1.29 is 9.84 Å². The lowest BCUT2D eigenvalue weighted by molar-refractivity contribution is 0.289. The highest BCUT2D eigenvalue weighted by atomic mass is 16.5. The van der Waals surface area contributed by atoms with Gasteiger partial charge in [-0.25, -0.2) is 0 Å². The molecule has 0 unspecified atom stereocenters. The number of hydrogen-bond acceptors (Lipinski definition) is 3. The monoisotopic (exact) mass is 283 g/mol. The average molecular weight is 283 g/mol. The van der Waals surface area contributed by atoms with Gasteiger partial charge in [-0.1, -0.05) is 13.8 Å². The van der Waals surface area contributed by atoms with E-state index in [0.717, 1.165) is 30.0 Å². The van der Waals surface area contributed by atoms with Gasteiger partial charge in [0, 0.05) is 6.21 Å². The number of ether oxygens (including phenoxy) is 1. The second-order valence-corrected chi connectivity index (χ2v) is 5.37. The number of nitrogens with zero attached hydrogens (tertiary/aromatic N) is 1. The molecule has 0 aliphatic heterocycles. The van der Waals surface area contributed by atoms with Crippen molar-refractivity contribution in [2.75, 3.05) is 6.61 Å². The lowest BCUT2D eigenvalue weighted by Crippen LogP contribution is -2.01. The first kappa shape index (κ1) is 15.1. The van der Waals surface area contributed by atoms with Crippen molar-refractivity contribution in [3.05, 3.63) is 54.1 Å². The second kappa shape index (κ2) is 7.48. The summed E-state index contributed by atoms with van der Waals surface area (Å²) in [4.78, 5) is 4.36. The van der Waals surface area contributed by atoms with E-state index >= 15 is 0 Å². The third-order valence-electron chi connectivity index (χ3n) is 3.06. The number of rotatable bonds is 6. The molecule has 110 valence electrons. The lowest BCUT2D eigenvalue weighted by atomic mass is 10.1. The molecule has 2 rings (SSSR count). The fourth-order valence-electron chi connectivity index (χ4n) is 1.75. The zero-order valence-electron chi connectivity index (χ0n) is 12.5. The predicted molar refractivity (Wildman–Crippen MR) is 86.8 cm³/mol. The maximum absolute atomic E-state index is 9.21. The van der Waals surface area contributed by atoms with Crippen LogP contribution in [0.15, 0.2) is 53.5 Å². The van der Waals surface area contributed by atoms with Crippen molar-refractivity contribution in [1.29, 1.82) is 0 Å². The van der Waals surface area contributed by atoms with Crippen LogP contribution in [0.5, 0.6) is 11.5 Å². The number of aliphatic imine (C=N–C) groups is 1. The molecule has 2 aromatic carbocycles. The Morgan fingerprint density at radius 2 is 1.71 bits per heavy atom. The molecular formula is C18H21NO2. The molecule has 0 heterocycles. The second-order valence-electron chi connectivity index (χ2n) is 5.37. The molecule has 1 N–H and O–H groups in total. The van der Waals surface area contributed by atoms with Gasteiger partial charge < -0.3 is 9.84 Å². The highest BCUT2D eigenvalue weighted by Gasteiger charge is 1.97. The summed E-state index contributed by atoms with van der Waals surface area (Å²) in [6.45, 7) is 5.12. The summed E-state index contributed by atoms with van der Waals surface area (Å²) in [5, 5.41) is 9.21. The highest BCUT2D eigenvalue weighted by Crippen LogP contribution is 2.17. The normalized spacial score (nSPS) is 11.2. The third kappa shape index (κ3) is 5.30. The fourth-order valence-corrected chi connectivity index (χ4v) is 1.75. The highest BCUT2D eigenvalue weighted by molar-refractivity contribution is 5.82. The van der Waals surface area contributed by atoms with Crippen LogP contribution in [0.1, 0.15) is 25.8 Å². The van der Waals surface area contributed by atoms with Crippen LogP contribution in [-0.2, 0) is 0 Å². The van der Waals surface area contributed by atoms with Crippen LogP contribution in [0.4, 0.5) is 5.69 Å². The summed E-state index contributed by atoms with van der Waals surface area (Å²) in [5.74, 6) is 1.79. The van der Waals surface area contributed by atoms with E-state index in [1.165, 1.54) is 0 Å². The van der Waals surface area contributed by atoms with Crippen LogP contribution in [0, 0.1) is 5.92 Å². The van der Waals surface area contributed by atoms with E-state index in [1.807, 2.05) is 24.3 Å². The Balaban J connectivity index is 1.91. The van der Waals surface area contributed by atoms with Gasteiger partial charge in [-0.15, -0.1) is 0 Å². The van der Waals surface area contributed by atoms with Crippen molar-refractivity contribution in [2.24, 2.45) is 10.9 Å². The number of aromatic hydroxyl groups is 1. The minimum atomic E-state index is 0.247. The molecule has 0 fully saturated rings. The molecule has 2 aromatic rings. The van der Waals surface area contributed by atoms with E-state index < -0.39 is 0 Å². The molecule has 21 heavy (non-hydrogen) atoms. The zero-order chi connectivity index (χ0) is 15.1. The standard InChI is InChI=1S/C18H21NO2/c1-14(2)11-12-21-18-9-3-15(4-10-18)13-19-16-5-7-17(20)8-6-16/h3-10,13-14,20H,11-12H2,1-2H3. The molecule has 0 saturated heterocycles. The number of phenolic OH excluding ortho intramolecular Hbond substituents is 1. The van der Waals surface area contributed by atoms with E-state index in [-0.39, 0.29) is 5.75 Å². The SMILES string of the molecule is CC(C)CCOc1ccc(C=Nc2ccc(O)cc2)cc1. The van der Waals surface area contributed by atoms with Gasteiger partial charge in [0.2, 0.25) is 0 Å². The van der Waals surface area contributed by atoms with Crippen molar-refractivity contribution in [2.45, 2.75) is 20.3 Å². The summed E-state index contributed by atoms with van der Waals surface area (Å²) in [6.07, 6.45) is 2.86. The van der Waals surface area contributed by atoms with Crippen LogP contribution in [0.3, 0.4) is 0 Å². The van der Waals surface area contributed by atoms with E-state index in [1.54, 1.807) is 30.5 Å². The molecular weight excluding hydrogens is 262 g/mol. The van der Waals surface area contributed by atoms with Gasteiger partial charge in [0.1, 0.15) is 11.5 Å². The van der Waals surface area contributed by atoms with Crippen molar-refractivity contribution in [3.63, 3.8) is 0 Å². The van der Waals surface area contributed by atoms with E-state index in [9.17, 15) is 5.11 Å². The Morgan fingerprint density at radius 3 is 2.33 bits per heavy atom. The maximum atomic E-state index is 9.21. The van der Waals surface area contributed by atoms with Crippen LogP contribution in [-0.4, -0.2) is 17.9 Å². The fraction of sp³-hybridized carbons (Fsp3) is 0.278. The Hall–Kier alpha value is -2.29. The molecule has 0 saturated carbocycles. The number of benzene rings is 2. The Bertz CT molecular complexity index is 571.